The predicted octanol–water partition coefficient (Wildman–Crippen LogP) is 2.16. The molecule has 0 radical (unpaired) electrons. The normalized spacial score (nSPS) is 17.9. The first-order chi connectivity index (χ1) is 10.6. The third-order valence-electron chi connectivity index (χ3n) is 3.73. The van der Waals surface area contributed by atoms with E-state index in [-0.39, 0.29) is 30.3 Å². The second kappa shape index (κ2) is 9.50. The average molecular weight is 342 g/mol. The number of nitrogens with one attached hydrogen (secondary N) is 3. The highest BCUT2D eigenvalue weighted by Crippen LogP contribution is 2.17. The van der Waals surface area contributed by atoms with Gasteiger partial charge in [-0.3, -0.25) is 9.59 Å². The molecule has 2 amide bonds. The van der Waals surface area contributed by atoms with Crippen LogP contribution in [0, 0.1) is 0 Å². The van der Waals surface area contributed by atoms with Gasteiger partial charge in [0.15, 0.2) is 0 Å². The smallest absolute Gasteiger partial charge is 0.253 e. The van der Waals surface area contributed by atoms with Crippen LogP contribution >= 0.6 is 12.4 Å². The second-order valence-electron chi connectivity index (χ2n) is 5.49. The number of amides is 2. The van der Waals surface area contributed by atoms with Crippen molar-refractivity contribution < 1.29 is 14.3 Å². The molecular formula is C16H24ClN3O3. The minimum absolute atomic E-state index is 0. The van der Waals surface area contributed by atoms with E-state index in [1.54, 1.807) is 31.2 Å². The third kappa shape index (κ3) is 6.17. The van der Waals surface area contributed by atoms with E-state index >= 15 is 0 Å². The van der Waals surface area contributed by atoms with E-state index < -0.39 is 6.10 Å². The zero-order valence-electron chi connectivity index (χ0n) is 13.4. The predicted molar refractivity (Wildman–Crippen MR) is 93.1 cm³/mol. The maximum Gasteiger partial charge on any atom is 0.253 e. The lowest BCUT2D eigenvalue weighted by Crippen LogP contribution is -2.27. The Morgan fingerprint density at radius 2 is 2.04 bits per heavy atom. The van der Waals surface area contributed by atoms with E-state index in [9.17, 15) is 9.59 Å². The fourth-order valence-electron chi connectivity index (χ4n) is 2.39. The number of carbonyl (C=O) groups excluding carboxylic acids is 2. The van der Waals surface area contributed by atoms with Gasteiger partial charge in [-0.15, -0.1) is 12.4 Å². The molecule has 1 aromatic rings. The van der Waals surface area contributed by atoms with Gasteiger partial charge in [-0.05, 0) is 44.5 Å². The minimum Gasteiger partial charge on any atom is -0.372 e. The molecule has 0 aromatic heterocycles. The molecule has 1 aliphatic rings. The molecule has 0 aliphatic carbocycles. The molecule has 1 saturated heterocycles. The molecule has 0 spiro atoms. The summed E-state index contributed by atoms with van der Waals surface area (Å²) in [6.45, 7) is 2.66. The van der Waals surface area contributed by atoms with Crippen LogP contribution in [-0.4, -0.2) is 37.6 Å². The van der Waals surface area contributed by atoms with Crippen molar-refractivity contribution in [2.24, 2.45) is 0 Å². The Kier molecular flexibility index (Phi) is 8.02. The van der Waals surface area contributed by atoms with Crippen molar-refractivity contribution in [1.82, 2.24) is 5.32 Å². The molecule has 1 aromatic carbocycles. The SMILES string of the molecule is COC(C)C(=O)Nc1cccc(NC(=O)CC2CCCN2)c1.Cl. The van der Waals surface area contributed by atoms with Crippen LogP contribution in [0.5, 0.6) is 0 Å². The lowest BCUT2D eigenvalue weighted by atomic mass is 10.1. The van der Waals surface area contributed by atoms with Gasteiger partial charge in [0, 0.05) is 30.9 Å². The Morgan fingerprint density at radius 1 is 1.35 bits per heavy atom. The van der Waals surface area contributed by atoms with Crippen LogP contribution in [-0.2, 0) is 14.3 Å². The maximum atomic E-state index is 12.0. The second-order valence-corrected chi connectivity index (χ2v) is 5.49. The average Bonchev–Trinajstić information content (AvgIpc) is 2.99. The van der Waals surface area contributed by atoms with Crippen molar-refractivity contribution >= 4 is 35.6 Å². The molecular weight excluding hydrogens is 318 g/mol. The summed E-state index contributed by atoms with van der Waals surface area (Å²) < 4.78 is 4.96. The lowest BCUT2D eigenvalue weighted by molar-refractivity contribution is -0.124. The molecule has 3 N–H and O–H groups in total. The standard InChI is InChI=1S/C16H23N3O3.ClH/c1-11(22-2)16(21)19-14-6-3-5-13(9-14)18-15(20)10-12-7-4-8-17-12;/h3,5-6,9,11-12,17H,4,7-8,10H2,1-2H3,(H,18,20)(H,19,21);1H. The largest absolute Gasteiger partial charge is 0.372 e. The first-order valence-corrected chi connectivity index (χ1v) is 7.55. The minimum atomic E-state index is -0.522. The zero-order valence-corrected chi connectivity index (χ0v) is 14.2. The van der Waals surface area contributed by atoms with Crippen LogP contribution in [0.1, 0.15) is 26.2 Å². The van der Waals surface area contributed by atoms with Crippen LogP contribution in [0.15, 0.2) is 24.3 Å². The van der Waals surface area contributed by atoms with E-state index in [2.05, 4.69) is 16.0 Å². The molecule has 2 atom stereocenters. The molecule has 23 heavy (non-hydrogen) atoms. The number of methoxy groups -OCH3 is 1. The summed E-state index contributed by atoms with van der Waals surface area (Å²) in [6.07, 6.45) is 2.11. The molecule has 7 heteroatoms. The highest BCUT2D eigenvalue weighted by Gasteiger charge is 2.17. The van der Waals surface area contributed by atoms with Gasteiger partial charge in [0.1, 0.15) is 6.10 Å². The van der Waals surface area contributed by atoms with Crippen LogP contribution in [0.25, 0.3) is 0 Å². The van der Waals surface area contributed by atoms with Gasteiger partial charge < -0.3 is 20.7 Å². The van der Waals surface area contributed by atoms with Crippen LogP contribution < -0.4 is 16.0 Å². The Labute approximate surface area is 142 Å². The first-order valence-electron chi connectivity index (χ1n) is 7.55. The van der Waals surface area contributed by atoms with Crippen molar-refractivity contribution in [2.75, 3.05) is 24.3 Å². The van der Waals surface area contributed by atoms with E-state index in [1.165, 1.54) is 7.11 Å². The summed E-state index contributed by atoms with van der Waals surface area (Å²) in [5, 5.41) is 8.91. The van der Waals surface area contributed by atoms with Crippen molar-refractivity contribution in [1.29, 1.82) is 0 Å². The van der Waals surface area contributed by atoms with Crippen molar-refractivity contribution in [3.8, 4) is 0 Å². The zero-order chi connectivity index (χ0) is 15.9. The number of halogens is 1. The molecule has 1 heterocycles. The maximum absolute atomic E-state index is 12.0. The van der Waals surface area contributed by atoms with Gasteiger partial charge in [0.25, 0.3) is 5.91 Å². The van der Waals surface area contributed by atoms with Crippen molar-refractivity contribution in [2.45, 2.75) is 38.3 Å². The van der Waals surface area contributed by atoms with Crippen molar-refractivity contribution in [3.05, 3.63) is 24.3 Å². The Hall–Kier alpha value is -1.63. The highest BCUT2D eigenvalue weighted by molar-refractivity contribution is 5.95. The summed E-state index contributed by atoms with van der Waals surface area (Å²) in [7, 11) is 1.48. The number of rotatable bonds is 6. The number of benzene rings is 1. The Morgan fingerprint density at radius 3 is 2.65 bits per heavy atom. The van der Waals surface area contributed by atoms with Gasteiger partial charge in [-0.1, -0.05) is 6.07 Å². The Balaban J connectivity index is 0.00000264. The van der Waals surface area contributed by atoms with E-state index in [0.29, 0.717) is 17.8 Å². The molecule has 6 nitrogen and oxygen atoms in total. The van der Waals surface area contributed by atoms with E-state index in [1.807, 2.05) is 0 Å². The lowest BCUT2D eigenvalue weighted by Gasteiger charge is -2.13. The number of carbonyl (C=O) groups is 2. The molecule has 1 fully saturated rings. The quantitative estimate of drug-likeness (QED) is 0.741. The summed E-state index contributed by atoms with van der Waals surface area (Å²) in [5.41, 5.74) is 1.30. The van der Waals surface area contributed by atoms with Gasteiger partial charge in [0.2, 0.25) is 5.91 Å². The molecule has 128 valence electrons. The summed E-state index contributed by atoms with van der Waals surface area (Å²) in [6, 6.07) is 7.37. The summed E-state index contributed by atoms with van der Waals surface area (Å²) in [4.78, 5) is 23.8. The van der Waals surface area contributed by atoms with Gasteiger partial charge in [0.05, 0.1) is 0 Å². The molecule has 1 aliphatic heterocycles. The van der Waals surface area contributed by atoms with Crippen LogP contribution in [0.2, 0.25) is 0 Å². The van der Waals surface area contributed by atoms with Gasteiger partial charge in [-0.25, -0.2) is 0 Å². The molecule has 0 saturated carbocycles. The molecule has 2 unspecified atom stereocenters. The summed E-state index contributed by atoms with van der Waals surface area (Å²) >= 11 is 0. The van der Waals surface area contributed by atoms with E-state index in [4.69, 9.17) is 4.74 Å². The van der Waals surface area contributed by atoms with Gasteiger partial charge >= 0.3 is 0 Å². The Bertz CT molecular complexity index is 533. The summed E-state index contributed by atoms with van der Waals surface area (Å²) in [5.74, 6) is -0.241. The highest BCUT2D eigenvalue weighted by atomic mass is 35.5. The van der Waals surface area contributed by atoms with E-state index in [0.717, 1.165) is 19.4 Å². The topological polar surface area (TPSA) is 79.5 Å². The van der Waals surface area contributed by atoms with Crippen molar-refractivity contribution in [3.63, 3.8) is 0 Å². The number of ether oxygens (including phenoxy) is 1. The number of hydrogen-bond donors (Lipinski definition) is 3. The van der Waals surface area contributed by atoms with Crippen LogP contribution in [0.3, 0.4) is 0 Å². The molecule has 0 bridgehead atoms. The molecule has 2 rings (SSSR count). The fourth-order valence-corrected chi connectivity index (χ4v) is 2.39. The van der Waals surface area contributed by atoms with Crippen LogP contribution in [0.4, 0.5) is 11.4 Å². The first kappa shape index (κ1) is 19.4. The monoisotopic (exact) mass is 341 g/mol. The third-order valence-corrected chi connectivity index (χ3v) is 3.73. The number of hydrogen-bond acceptors (Lipinski definition) is 4. The number of anilines is 2. The van der Waals surface area contributed by atoms with Gasteiger partial charge in [-0.2, -0.15) is 0 Å². The fraction of sp³-hybridized carbons (Fsp3) is 0.500.